The maximum atomic E-state index is 17.2. The normalized spacial score (nSPS) is 23.1. The molecule has 77 heavy (non-hydrogen) atoms. The number of terminal acetylenes is 1. The molecule has 6 aliphatic rings. The van der Waals surface area contributed by atoms with E-state index in [2.05, 4.69) is 67.0 Å². The Balaban J connectivity index is 0.644. The van der Waals surface area contributed by atoms with Crippen LogP contribution in [0.1, 0.15) is 76.8 Å². The number of hydrogen-bond donors (Lipinski definition) is 3. The van der Waals surface area contributed by atoms with Gasteiger partial charge in [-0.15, -0.1) is 6.42 Å². The molecule has 6 fully saturated rings. The fourth-order valence-corrected chi connectivity index (χ4v) is 13.7. The number of imide groups is 1. The number of ether oxygens (including phenoxy) is 1. The fraction of sp³-hybridized carbons (Fsp3) is 0.508. The maximum absolute atomic E-state index is 17.2. The van der Waals surface area contributed by atoms with Crippen molar-refractivity contribution in [3.8, 4) is 35.2 Å². The van der Waals surface area contributed by atoms with Gasteiger partial charge in [-0.05, 0) is 137 Å². The average molecular weight is 1050 g/mol. The van der Waals surface area contributed by atoms with Crippen molar-refractivity contribution >= 4 is 56.0 Å². The number of fused-ring (bicyclic) bond motifs is 5. The number of aromatic nitrogens is 4. The number of aromatic hydroxyl groups is 1. The number of carbonyl (C=O) groups is 2. The highest BCUT2D eigenvalue weighted by Crippen LogP contribution is 2.41. The molecule has 3 atom stereocenters. The number of amides is 2. The number of likely N-dealkylation sites (tertiary alicyclic amines) is 1. The molecule has 0 aliphatic carbocycles. The molecule has 2 aromatic heterocycles. The van der Waals surface area contributed by atoms with Crippen LogP contribution in [0.2, 0.25) is 0 Å². The Labute approximate surface area is 447 Å². The fourth-order valence-electron chi connectivity index (χ4n) is 13.7. The zero-order chi connectivity index (χ0) is 53.3. The van der Waals surface area contributed by atoms with Gasteiger partial charge in [0.05, 0.1) is 16.6 Å². The number of nitrogens with one attached hydrogen (secondary N) is 2. The van der Waals surface area contributed by atoms with Crippen molar-refractivity contribution in [1.29, 1.82) is 0 Å². The van der Waals surface area contributed by atoms with Gasteiger partial charge in [0, 0.05) is 119 Å². The van der Waals surface area contributed by atoms with Crippen molar-refractivity contribution in [2.75, 3.05) is 94.9 Å². The molecule has 3 unspecified atom stereocenters. The molecule has 2 bridgehead atoms. The Bertz CT molecular complexity index is 3380. The zero-order valence-electron chi connectivity index (χ0n) is 44.4. The van der Waals surface area contributed by atoms with E-state index in [0.717, 1.165) is 109 Å². The van der Waals surface area contributed by atoms with E-state index in [-0.39, 0.29) is 57.5 Å². The molecule has 404 valence electrons. The van der Waals surface area contributed by atoms with Crippen molar-refractivity contribution in [3.63, 3.8) is 0 Å². The number of piperidine rings is 3. The minimum absolute atomic E-state index is 0.000178. The average Bonchev–Trinajstić information content (AvgIpc) is 3.94. The summed E-state index contributed by atoms with van der Waals surface area (Å²) in [6.07, 6.45) is 13.1. The van der Waals surface area contributed by atoms with Gasteiger partial charge < -0.3 is 29.9 Å². The monoisotopic (exact) mass is 1050 g/mol. The summed E-state index contributed by atoms with van der Waals surface area (Å²) in [5.41, 5.74) is 2.75. The topological polar surface area (TPSA) is 157 Å². The van der Waals surface area contributed by atoms with Crippen LogP contribution in [0.15, 0.2) is 59.4 Å². The van der Waals surface area contributed by atoms with Crippen LogP contribution in [0, 0.1) is 35.8 Å². The molecule has 2 amide bonds. The van der Waals surface area contributed by atoms with Crippen LogP contribution in [0.3, 0.4) is 0 Å². The van der Waals surface area contributed by atoms with E-state index in [1.54, 1.807) is 22.2 Å². The minimum atomic E-state index is -0.692. The third-order valence-electron chi connectivity index (χ3n) is 17.8. The van der Waals surface area contributed by atoms with Crippen molar-refractivity contribution in [2.24, 2.45) is 18.9 Å². The number of halogens is 2. The van der Waals surface area contributed by atoms with Crippen LogP contribution in [0.4, 0.5) is 20.3 Å². The Morgan fingerprint density at radius 3 is 2.27 bits per heavy atom. The highest BCUT2D eigenvalue weighted by atomic mass is 19.1. The summed E-state index contributed by atoms with van der Waals surface area (Å²) in [5, 5.41) is 18.2. The predicted octanol–water partition coefficient (Wildman–Crippen LogP) is 6.39. The molecule has 6 aliphatic heterocycles. The van der Waals surface area contributed by atoms with E-state index in [9.17, 15) is 19.5 Å². The summed E-state index contributed by atoms with van der Waals surface area (Å²) in [4.78, 5) is 59.9. The van der Waals surface area contributed by atoms with E-state index < -0.39 is 23.6 Å². The number of rotatable bonds is 12. The largest absolute Gasteiger partial charge is 0.508 e. The molecular weight excluding hydrogens is 981 g/mol. The lowest BCUT2D eigenvalue weighted by Gasteiger charge is -2.48. The van der Waals surface area contributed by atoms with E-state index >= 15 is 8.78 Å². The molecule has 3 N–H and O–H groups in total. The molecule has 6 aromatic rings. The number of phenolic OH excluding ortho intramolecular Hbond substituents is 1. The number of nitrogens with zero attached hydrogens (tertiary/aromatic N) is 9. The summed E-state index contributed by atoms with van der Waals surface area (Å²) in [5.74, 6) is 2.33. The highest BCUT2D eigenvalue weighted by Gasteiger charge is 2.37. The van der Waals surface area contributed by atoms with Crippen molar-refractivity contribution < 1.29 is 28.2 Å². The van der Waals surface area contributed by atoms with Crippen LogP contribution in [-0.2, 0) is 16.6 Å². The summed E-state index contributed by atoms with van der Waals surface area (Å²) >= 11 is 0. The highest BCUT2D eigenvalue weighted by molar-refractivity contribution is 6.04. The molecule has 18 heteroatoms. The molecule has 4 aromatic carbocycles. The number of piperazine rings is 2. The SMILES string of the molecule is C#Cc1c(F)ccc2cc(O)cc(-c3ccc4c(N5CC6CCC(C5)N6)nc(OCCN5CCN(CC6CCN(CC7CCN(c8ccc9c(c8)n(C)c(=O)n9C8CCC(=O)NC8=O)CC7)CC6)CC5(C)C)nc4c3F)c12. The van der Waals surface area contributed by atoms with Crippen molar-refractivity contribution in [1.82, 2.24) is 44.4 Å². The number of benzene rings is 4. The Hall–Kier alpha value is -6.65. The first kappa shape index (κ1) is 51.1. The number of phenols is 1. The van der Waals surface area contributed by atoms with Gasteiger partial charge >= 0.3 is 11.7 Å². The molecular formula is C59H69F2N11O5. The molecule has 0 radical (unpaired) electrons. The summed E-state index contributed by atoms with van der Waals surface area (Å²) in [6, 6.07) is 15.3. The van der Waals surface area contributed by atoms with Gasteiger partial charge in [-0.3, -0.25) is 33.8 Å². The number of imidazole rings is 1. The zero-order valence-corrected chi connectivity index (χ0v) is 44.4. The lowest BCUT2D eigenvalue weighted by molar-refractivity contribution is -0.135. The van der Waals surface area contributed by atoms with E-state index in [4.69, 9.17) is 21.1 Å². The molecule has 0 saturated carbocycles. The molecule has 8 heterocycles. The standard InChI is InChI=1S/C59H69F2N11O5/c1-5-43-47(60)12-6-38-28-42(73)30-46(52(38)43)44-10-11-45-54(53(44)61)64-57(65-55(45)70-33-39-7-8-40(34-70)62-39)77-27-26-71-25-24-68(35-59(71,2)3)32-36-16-20-67(21-17-36)31-37-18-22-69(23-19-37)41-9-13-48-50(29-41)66(4)58(76)72(48)49-14-15-51(74)63-56(49)75/h1,6,9-13,28-30,36-37,39-40,49,62,73H,7-8,14-27,31-35H2,2-4H3,(H,63,74,75). The number of aryl methyl sites for hydroxylation is 1. The second-order valence-corrected chi connectivity index (χ2v) is 23.3. The molecule has 6 saturated heterocycles. The van der Waals surface area contributed by atoms with Crippen LogP contribution in [0.5, 0.6) is 11.8 Å². The van der Waals surface area contributed by atoms with Crippen LogP contribution < -0.4 is 30.9 Å². The summed E-state index contributed by atoms with van der Waals surface area (Å²) in [7, 11) is 1.75. The van der Waals surface area contributed by atoms with Gasteiger partial charge in [0.1, 0.15) is 35.6 Å². The third-order valence-corrected chi connectivity index (χ3v) is 17.8. The van der Waals surface area contributed by atoms with Gasteiger partial charge in [0.25, 0.3) is 0 Å². The summed E-state index contributed by atoms with van der Waals surface area (Å²) in [6.45, 7) is 16.3. The van der Waals surface area contributed by atoms with Crippen LogP contribution in [-0.4, -0.2) is 153 Å². The van der Waals surface area contributed by atoms with E-state index in [1.807, 2.05) is 12.1 Å². The van der Waals surface area contributed by atoms with Crippen LogP contribution in [0.25, 0.3) is 43.8 Å². The van der Waals surface area contributed by atoms with E-state index in [0.29, 0.717) is 71.0 Å². The van der Waals surface area contributed by atoms with Crippen molar-refractivity contribution in [3.05, 3.63) is 82.3 Å². The van der Waals surface area contributed by atoms with Crippen LogP contribution >= 0.6 is 0 Å². The van der Waals surface area contributed by atoms with E-state index in [1.165, 1.54) is 37.1 Å². The van der Waals surface area contributed by atoms with Gasteiger partial charge in [-0.1, -0.05) is 18.1 Å². The number of hydrogen-bond acceptors (Lipinski definition) is 13. The maximum Gasteiger partial charge on any atom is 0.329 e. The first-order valence-corrected chi connectivity index (χ1v) is 27.7. The predicted molar refractivity (Wildman–Crippen MR) is 294 cm³/mol. The van der Waals surface area contributed by atoms with Gasteiger partial charge in [0.2, 0.25) is 11.8 Å². The smallest absolute Gasteiger partial charge is 0.329 e. The third kappa shape index (κ3) is 9.89. The molecule has 12 rings (SSSR count). The summed E-state index contributed by atoms with van der Waals surface area (Å²) < 4.78 is 41.8. The first-order chi connectivity index (χ1) is 37.2. The van der Waals surface area contributed by atoms with Gasteiger partial charge in [-0.2, -0.15) is 9.97 Å². The van der Waals surface area contributed by atoms with Crippen molar-refractivity contribution in [2.45, 2.75) is 88.9 Å². The molecule has 0 spiro atoms. The second kappa shape index (κ2) is 20.6. The number of carbonyl (C=O) groups excluding carboxylic acids is 2. The Morgan fingerprint density at radius 1 is 0.805 bits per heavy atom. The van der Waals surface area contributed by atoms with Gasteiger partial charge in [0.15, 0.2) is 5.82 Å². The minimum Gasteiger partial charge on any atom is -0.508 e. The second-order valence-electron chi connectivity index (χ2n) is 23.3. The Morgan fingerprint density at radius 2 is 1.55 bits per heavy atom. The van der Waals surface area contributed by atoms with Gasteiger partial charge in [-0.25, -0.2) is 13.6 Å². The lowest BCUT2D eigenvalue weighted by Crippen LogP contribution is -2.60. The quantitative estimate of drug-likeness (QED) is 0.0917. The molecule has 16 nitrogen and oxygen atoms in total. The first-order valence-electron chi connectivity index (χ1n) is 27.7. The number of anilines is 2. The lowest BCUT2D eigenvalue weighted by atomic mass is 9.91. The Kier molecular flexibility index (Phi) is 13.7.